The average Bonchev–Trinajstić information content (AvgIpc) is 2.29. The van der Waals surface area contributed by atoms with E-state index >= 15 is 0 Å². The highest BCUT2D eigenvalue weighted by Gasteiger charge is 2.14. The van der Waals surface area contributed by atoms with Crippen molar-refractivity contribution in [2.45, 2.75) is 25.8 Å². The predicted molar refractivity (Wildman–Crippen MR) is 52.8 cm³/mol. The maximum Gasteiger partial charge on any atom is 0.115 e. The van der Waals surface area contributed by atoms with Gasteiger partial charge in [0.1, 0.15) is 5.75 Å². The van der Waals surface area contributed by atoms with E-state index in [1.807, 2.05) is 12.1 Å². The summed E-state index contributed by atoms with van der Waals surface area (Å²) >= 11 is 0. The molecule has 2 heteroatoms. The van der Waals surface area contributed by atoms with Crippen molar-refractivity contribution in [2.24, 2.45) is 0 Å². The van der Waals surface area contributed by atoms with Crippen LogP contribution in [0.1, 0.15) is 30.4 Å². The molecule has 1 heterocycles. The molecule has 0 aromatic heterocycles. The van der Waals surface area contributed by atoms with Crippen molar-refractivity contribution in [1.82, 2.24) is 5.32 Å². The highest BCUT2D eigenvalue weighted by Crippen LogP contribution is 2.28. The Labute approximate surface area is 78.6 Å². The van der Waals surface area contributed by atoms with E-state index < -0.39 is 0 Å². The Morgan fingerprint density at radius 1 is 1.46 bits per heavy atom. The monoisotopic (exact) mass is 177 g/mol. The zero-order chi connectivity index (χ0) is 9.26. The van der Waals surface area contributed by atoms with Crippen molar-refractivity contribution >= 4 is 0 Å². The minimum absolute atomic E-state index is 0.382. The van der Waals surface area contributed by atoms with E-state index in [4.69, 9.17) is 0 Å². The van der Waals surface area contributed by atoms with Crippen LogP contribution < -0.4 is 5.32 Å². The standard InChI is InChI=1S/C11H15NO/c1-8-4-5-12-7-9-2-3-10(13)6-11(8)9/h2-3,6,8,12-13H,4-5,7H2,1H3. The fourth-order valence-electron chi connectivity index (χ4n) is 1.90. The summed E-state index contributed by atoms with van der Waals surface area (Å²) in [4.78, 5) is 0. The number of phenolic OH excluding ortho intramolecular Hbond substituents is 1. The zero-order valence-corrected chi connectivity index (χ0v) is 7.88. The van der Waals surface area contributed by atoms with Crippen LogP contribution in [-0.2, 0) is 6.54 Å². The van der Waals surface area contributed by atoms with Crippen LogP contribution in [0.25, 0.3) is 0 Å². The van der Waals surface area contributed by atoms with Crippen LogP contribution >= 0.6 is 0 Å². The quantitative estimate of drug-likeness (QED) is 0.635. The Balaban J connectivity index is 2.43. The van der Waals surface area contributed by atoms with E-state index in [1.165, 1.54) is 11.1 Å². The Bertz CT molecular complexity index is 309. The van der Waals surface area contributed by atoms with Crippen LogP contribution in [0.15, 0.2) is 18.2 Å². The molecule has 2 N–H and O–H groups in total. The Morgan fingerprint density at radius 3 is 3.15 bits per heavy atom. The van der Waals surface area contributed by atoms with E-state index in [1.54, 1.807) is 6.07 Å². The number of phenols is 1. The smallest absolute Gasteiger partial charge is 0.115 e. The Hall–Kier alpha value is -1.02. The molecule has 0 saturated heterocycles. The van der Waals surface area contributed by atoms with Gasteiger partial charge in [0.05, 0.1) is 0 Å². The van der Waals surface area contributed by atoms with Gasteiger partial charge in [-0.1, -0.05) is 13.0 Å². The molecule has 1 aliphatic rings. The first-order chi connectivity index (χ1) is 6.27. The summed E-state index contributed by atoms with van der Waals surface area (Å²) in [5.74, 6) is 0.935. The average molecular weight is 177 g/mol. The van der Waals surface area contributed by atoms with E-state index in [0.717, 1.165) is 19.5 Å². The molecule has 0 radical (unpaired) electrons. The predicted octanol–water partition coefficient (Wildman–Crippen LogP) is 1.99. The second-order valence-electron chi connectivity index (χ2n) is 3.75. The molecule has 2 rings (SSSR count). The van der Waals surface area contributed by atoms with Crippen LogP contribution in [0, 0.1) is 0 Å². The van der Waals surface area contributed by atoms with Crippen molar-refractivity contribution in [3.05, 3.63) is 29.3 Å². The maximum absolute atomic E-state index is 9.38. The van der Waals surface area contributed by atoms with Gasteiger partial charge >= 0.3 is 0 Å². The third-order valence-corrected chi connectivity index (χ3v) is 2.73. The largest absolute Gasteiger partial charge is 0.508 e. The Kier molecular flexibility index (Phi) is 2.23. The van der Waals surface area contributed by atoms with Crippen molar-refractivity contribution in [3.8, 4) is 5.75 Å². The minimum Gasteiger partial charge on any atom is -0.508 e. The van der Waals surface area contributed by atoms with Crippen molar-refractivity contribution < 1.29 is 5.11 Å². The number of benzene rings is 1. The minimum atomic E-state index is 0.382. The topological polar surface area (TPSA) is 32.3 Å². The summed E-state index contributed by atoms with van der Waals surface area (Å²) in [5.41, 5.74) is 2.62. The number of fused-ring (bicyclic) bond motifs is 1. The normalized spacial score (nSPS) is 22.1. The first-order valence-electron chi connectivity index (χ1n) is 4.80. The molecule has 1 atom stereocenters. The van der Waals surface area contributed by atoms with Gasteiger partial charge in [-0.15, -0.1) is 0 Å². The molecule has 0 saturated carbocycles. The fourth-order valence-corrected chi connectivity index (χ4v) is 1.90. The number of hydrogen-bond acceptors (Lipinski definition) is 2. The third-order valence-electron chi connectivity index (χ3n) is 2.73. The lowest BCUT2D eigenvalue weighted by atomic mass is 9.94. The molecular formula is C11H15NO. The molecule has 0 bridgehead atoms. The molecule has 0 aliphatic carbocycles. The zero-order valence-electron chi connectivity index (χ0n) is 7.88. The molecule has 70 valence electrons. The molecule has 0 amide bonds. The molecule has 1 aliphatic heterocycles. The molecule has 1 unspecified atom stereocenters. The Morgan fingerprint density at radius 2 is 2.31 bits per heavy atom. The molecule has 0 fully saturated rings. The van der Waals surface area contributed by atoms with Crippen LogP contribution in [-0.4, -0.2) is 11.7 Å². The highest BCUT2D eigenvalue weighted by atomic mass is 16.3. The van der Waals surface area contributed by atoms with Gasteiger partial charge in [0.25, 0.3) is 0 Å². The first-order valence-corrected chi connectivity index (χ1v) is 4.80. The molecular weight excluding hydrogens is 162 g/mol. The number of hydrogen-bond donors (Lipinski definition) is 2. The van der Waals surface area contributed by atoms with Crippen LogP contribution in [0.4, 0.5) is 0 Å². The maximum atomic E-state index is 9.38. The van der Waals surface area contributed by atoms with Crippen LogP contribution in [0.2, 0.25) is 0 Å². The van der Waals surface area contributed by atoms with E-state index in [-0.39, 0.29) is 0 Å². The van der Waals surface area contributed by atoms with Crippen LogP contribution in [0.3, 0.4) is 0 Å². The van der Waals surface area contributed by atoms with Gasteiger partial charge in [-0.05, 0) is 42.1 Å². The summed E-state index contributed by atoms with van der Waals surface area (Å²) in [6.45, 7) is 4.21. The number of aromatic hydroxyl groups is 1. The van der Waals surface area contributed by atoms with Crippen molar-refractivity contribution in [2.75, 3.05) is 6.54 Å². The number of rotatable bonds is 0. The highest BCUT2D eigenvalue weighted by molar-refractivity contribution is 5.37. The first kappa shape index (κ1) is 8.57. The molecule has 0 spiro atoms. The lowest BCUT2D eigenvalue weighted by Crippen LogP contribution is -2.12. The second-order valence-corrected chi connectivity index (χ2v) is 3.75. The van der Waals surface area contributed by atoms with Crippen molar-refractivity contribution in [3.63, 3.8) is 0 Å². The second kappa shape index (κ2) is 3.38. The third kappa shape index (κ3) is 1.68. The van der Waals surface area contributed by atoms with Gasteiger partial charge in [-0.25, -0.2) is 0 Å². The van der Waals surface area contributed by atoms with Crippen molar-refractivity contribution in [1.29, 1.82) is 0 Å². The van der Waals surface area contributed by atoms with E-state index in [2.05, 4.69) is 12.2 Å². The van der Waals surface area contributed by atoms with Gasteiger partial charge < -0.3 is 10.4 Å². The molecule has 13 heavy (non-hydrogen) atoms. The fraction of sp³-hybridized carbons (Fsp3) is 0.455. The van der Waals surface area contributed by atoms with E-state index in [9.17, 15) is 5.11 Å². The van der Waals surface area contributed by atoms with Gasteiger partial charge in [0.15, 0.2) is 0 Å². The lowest BCUT2D eigenvalue weighted by Gasteiger charge is -2.11. The summed E-state index contributed by atoms with van der Waals surface area (Å²) in [6, 6.07) is 5.67. The van der Waals surface area contributed by atoms with Gasteiger partial charge in [0, 0.05) is 6.54 Å². The van der Waals surface area contributed by atoms with Gasteiger partial charge in [0.2, 0.25) is 0 Å². The summed E-state index contributed by atoms with van der Waals surface area (Å²) in [6.07, 6.45) is 1.15. The number of nitrogens with one attached hydrogen (secondary N) is 1. The van der Waals surface area contributed by atoms with Gasteiger partial charge in [-0.2, -0.15) is 0 Å². The molecule has 1 aromatic rings. The summed E-state index contributed by atoms with van der Waals surface area (Å²) in [7, 11) is 0. The lowest BCUT2D eigenvalue weighted by molar-refractivity contribution is 0.473. The SMILES string of the molecule is CC1CCNCc2ccc(O)cc21. The van der Waals surface area contributed by atoms with Crippen LogP contribution in [0.5, 0.6) is 5.75 Å². The summed E-state index contributed by atoms with van der Waals surface area (Å²) in [5, 5.41) is 12.7. The molecule has 2 nitrogen and oxygen atoms in total. The summed E-state index contributed by atoms with van der Waals surface area (Å²) < 4.78 is 0. The molecule has 1 aromatic carbocycles. The van der Waals surface area contributed by atoms with Gasteiger partial charge in [-0.3, -0.25) is 0 Å². The van der Waals surface area contributed by atoms with E-state index in [0.29, 0.717) is 11.7 Å².